The topological polar surface area (TPSA) is 42.0 Å². The fourth-order valence-corrected chi connectivity index (χ4v) is 2.83. The number of aromatic nitrogens is 1. The van der Waals surface area contributed by atoms with Gasteiger partial charge in [0.2, 0.25) is 0 Å². The van der Waals surface area contributed by atoms with Crippen LogP contribution in [0.4, 0.5) is 10.8 Å². The molecule has 0 spiro atoms. The van der Waals surface area contributed by atoms with E-state index in [0.717, 1.165) is 16.0 Å². The van der Waals surface area contributed by atoms with E-state index in [9.17, 15) is 4.79 Å². The first kappa shape index (κ1) is 11.9. The van der Waals surface area contributed by atoms with Crippen molar-refractivity contribution in [3.05, 3.63) is 64.4 Å². The molecule has 0 saturated heterocycles. The summed E-state index contributed by atoms with van der Waals surface area (Å²) >= 11 is 1.48. The maximum atomic E-state index is 11.9. The van der Waals surface area contributed by atoms with E-state index in [0.29, 0.717) is 10.5 Å². The van der Waals surface area contributed by atoms with Crippen LogP contribution in [0, 0.1) is 6.92 Å². The summed E-state index contributed by atoms with van der Waals surface area (Å²) in [5.74, 6) is 0. The molecule has 3 aromatic rings. The summed E-state index contributed by atoms with van der Waals surface area (Å²) in [6.07, 6.45) is 0. The zero-order valence-corrected chi connectivity index (χ0v) is 11.2. The van der Waals surface area contributed by atoms with Crippen LogP contribution in [0.5, 0.6) is 0 Å². The van der Waals surface area contributed by atoms with Gasteiger partial charge in [-0.05, 0) is 36.8 Å². The highest BCUT2D eigenvalue weighted by atomic mass is 32.1. The molecule has 1 heterocycles. The van der Waals surface area contributed by atoms with E-state index in [2.05, 4.69) is 10.3 Å². The molecule has 94 valence electrons. The van der Waals surface area contributed by atoms with Crippen molar-refractivity contribution in [2.45, 2.75) is 6.92 Å². The van der Waals surface area contributed by atoms with Gasteiger partial charge in [-0.3, -0.25) is 4.79 Å². The first-order valence-electron chi connectivity index (χ1n) is 5.96. The fourth-order valence-electron chi connectivity index (χ4n) is 1.91. The molecule has 0 unspecified atom stereocenters. The third-order valence-electron chi connectivity index (χ3n) is 2.80. The number of aryl methyl sites for hydroxylation is 1. The number of rotatable bonds is 2. The Hall–Kier alpha value is -2.20. The zero-order chi connectivity index (χ0) is 13.2. The van der Waals surface area contributed by atoms with Crippen molar-refractivity contribution in [1.82, 2.24) is 4.98 Å². The molecule has 4 heteroatoms. The van der Waals surface area contributed by atoms with Gasteiger partial charge >= 0.3 is 0 Å². The lowest BCUT2D eigenvalue weighted by molar-refractivity contribution is 1.30. The SMILES string of the molecule is Cc1cccc(Nc2nc(=O)c3ccccc3s2)c1. The molecule has 0 saturated carbocycles. The Bertz CT molecular complexity index is 795. The first-order chi connectivity index (χ1) is 9.22. The minimum Gasteiger partial charge on any atom is -0.331 e. The number of nitrogens with zero attached hydrogens (tertiary/aromatic N) is 1. The lowest BCUT2D eigenvalue weighted by Gasteiger charge is -2.05. The van der Waals surface area contributed by atoms with Gasteiger partial charge in [0.25, 0.3) is 5.56 Å². The van der Waals surface area contributed by atoms with Crippen LogP contribution >= 0.6 is 11.3 Å². The van der Waals surface area contributed by atoms with E-state index in [-0.39, 0.29) is 5.56 Å². The molecular weight excluding hydrogens is 256 g/mol. The van der Waals surface area contributed by atoms with Crippen LogP contribution in [0.1, 0.15) is 5.56 Å². The molecule has 0 bridgehead atoms. The number of anilines is 2. The second-order valence-corrected chi connectivity index (χ2v) is 5.35. The van der Waals surface area contributed by atoms with Crippen LogP contribution in [-0.2, 0) is 0 Å². The molecule has 2 aromatic carbocycles. The maximum absolute atomic E-state index is 11.9. The molecule has 3 rings (SSSR count). The lowest BCUT2D eigenvalue weighted by Crippen LogP contribution is -2.07. The first-order valence-corrected chi connectivity index (χ1v) is 6.77. The van der Waals surface area contributed by atoms with Crippen LogP contribution in [0.2, 0.25) is 0 Å². The van der Waals surface area contributed by atoms with Crippen molar-refractivity contribution in [1.29, 1.82) is 0 Å². The minimum atomic E-state index is -0.190. The average Bonchev–Trinajstić information content (AvgIpc) is 2.39. The van der Waals surface area contributed by atoms with Crippen LogP contribution in [0.3, 0.4) is 0 Å². The van der Waals surface area contributed by atoms with Gasteiger partial charge in [0.1, 0.15) is 0 Å². The molecule has 0 fully saturated rings. The summed E-state index contributed by atoms with van der Waals surface area (Å²) in [6.45, 7) is 2.03. The molecule has 0 aliphatic carbocycles. The van der Waals surface area contributed by atoms with Crippen molar-refractivity contribution in [2.24, 2.45) is 0 Å². The summed E-state index contributed by atoms with van der Waals surface area (Å²) in [4.78, 5) is 16.0. The van der Waals surface area contributed by atoms with Crippen molar-refractivity contribution >= 4 is 32.2 Å². The van der Waals surface area contributed by atoms with E-state index in [1.807, 2.05) is 49.4 Å². The average molecular weight is 268 g/mol. The van der Waals surface area contributed by atoms with Crippen molar-refractivity contribution in [2.75, 3.05) is 5.32 Å². The molecular formula is C15H12N2OS. The Kier molecular flexibility index (Phi) is 3.01. The van der Waals surface area contributed by atoms with Gasteiger partial charge in [0, 0.05) is 10.4 Å². The van der Waals surface area contributed by atoms with Gasteiger partial charge in [-0.15, -0.1) is 0 Å². The second-order valence-electron chi connectivity index (χ2n) is 4.31. The summed E-state index contributed by atoms with van der Waals surface area (Å²) in [7, 11) is 0. The quantitative estimate of drug-likeness (QED) is 0.770. The molecule has 0 amide bonds. The summed E-state index contributed by atoms with van der Waals surface area (Å²) in [6, 6.07) is 15.5. The highest BCUT2D eigenvalue weighted by Crippen LogP contribution is 2.23. The van der Waals surface area contributed by atoms with Crippen molar-refractivity contribution < 1.29 is 0 Å². The Labute approximate surface area is 114 Å². The summed E-state index contributed by atoms with van der Waals surface area (Å²) in [5, 5.41) is 4.47. The van der Waals surface area contributed by atoms with Crippen LogP contribution in [0.25, 0.3) is 10.1 Å². The van der Waals surface area contributed by atoms with Gasteiger partial charge in [-0.25, -0.2) is 0 Å². The lowest BCUT2D eigenvalue weighted by atomic mass is 10.2. The van der Waals surface area contributed by atoms with E-state index < -0.39 is 0 Å². The van der Waals surface area contributed by atoms with Gasteiger partial charge in [0.15, 0.2) is 5.13 Å². The van der Waals surface area contributed by atoms with Gasteiger partial charge in [-0.1, -0.05) is 35.6 Å². The van der Waals surface area contributed by atoms with Gasteiger partial charge in [0.05, 0.1) is 5.39 Å². The normalized spacial score (nSPS) is 10.6. The molecule has 0 atom stereocenters. The molecule has 0 aliphatic rings. The zero-order valence-electron chi connectivity index (χ0n) is 10.4. The maximum Gasteiger partial charge on any atom is 0.281 e. The summed E-state index contributed by atoms with van der Waals surface area (Å²) in [5.41, 5.74) is 1.92. The minimum absolute atomic E-state index is 0.190. The van der Waals surface area contributed by atoms with Crippen LogP contribution < -0.4 is 10.9 Å². The molecule has 19 heavy (non-hydrogen) atoms. The van der Waals surface area contributed by atoms with E-state index in [4.69, 9.17) is 0 Å². The number of fused-ring (bicyclic) bond motifs is 1. The van der Waals surface area contributed by atoms with Gasteiger partial charge in [-0.2, -0.15) is 4.98 Å². The number of benzene rings is 2. The molecule has 3 nitrogen and oxygen atoms in total. The molecule has 0 aliphatic heterocycles. The number of hydrogen-bond acceptors (Lipinski definition) is 4. The third-order valence-corrected chi connectivity index (χ3v) is 3.76. The number of hydrogen-bond donors (Lipinski definition) is 1. The highest BCUT2D eigenvalue weighted by Gasteiger charge is 2.04. The largest absolute Gasteiger partial charge is 0.331 e. The van der Waals surface area contributed by atoms with E-state index in [1.54, 1.807) is 6.07 Å². The van der Waals surface area contributed by atoms with Gasteiger partial charge < -0.3 is 5.32 Å². The number of nitrogens with one attached hydrogen (secondary N) is 1. The smallest absolute Gasteiger partial charge is 0.281 e. The Morgan fingerprint density at radius 3 is 2.79 bits per heavy atom. The van der Waals surface area contributed by atoms with Crippen LogP contribution in [0.15, 0.2) is 53.3 Å². The summed E-state index contributed by atoms with van der Waals surface area (Å²) < 4.78 is 0.942. The monoisotopic (exact) mass is 268 g/mol. The van der Waals surface area contributed by atoms with Crippen molar-refractivity contribution in [3.63, 3.8) is 0 Å². The Morgan fingerprint density at radius 2 is 1.95 bits per heavy atom. The second kappa shape index (κ2) is 4.82. The Morgan fingerprint density at radius 1 is 1.11 bits per heavy atom. The predicted octanol–water partition coefficient (Wildman–Crippen LogP) is 3.71. The van der Waals surface area contributed by atoms with E-state index in [1.165, 1.54) is 11.3 Å². The third kappa shape index (κ3) is 2.48. The van der Waals surface area contributed by atoms with E-state index >= 15 is 0 Å². The van der Waals surface area contributed by atoms with Crippen LogP contribution in [-0.4, -0.2) is 4.98 Å². The fraction of sp³-hybridized carbons (Fsp3) is 0.0667. The molecule has 1 aromatic heterocycles. The predicted molar refractivity (Wildman–Crippen MR) is 80.4 cm³/mol. The standard InChI is InChI=1S/C15H12N2OS/c1-10-5-4-6-11(9-10)16-15-17-14(18)12-7-2-3-8-13(12)19-15/h2-9H,1H3,(H,16,17,18). The highest BCUT2D eigenvalue weighted by molar-refractivity contribution is 7.21. The Balaban J connectivity index is 2.04. The van der Waals surface area contributed by atoms with Crippen molar-refractivity contribution in [3.8, 4) is 0 Å². The molecule has 0 radical (unpaired) electrons. The molecule has 1 N–H and O–H groups in total.